The summed E-state index contributed by atoms with van der Waals surface area (Å²) in [6.07, 6.45) is 1.34. The van der Waals surface area contributed by atoms with Crippen LogP contribution in [0, 0.1) is 0 Å². The average molecular weight is 251 g/mol. The van der Waals surface area contributed by atoms with Gasteiger partial charge in [0, 0.05) is 30.1 Å². The molecule has 0 aromatic carbocycles. The molecule has 1 heterocycles. The van der Waals surface area contributed by atoms with Crippen LogP contribution < -0.4 is 10.9 Å². The Morgan fingerprint density at radius 1 is 1.50 bits per heavy atom. The van der Waals surface area contributed by atoms with Gasteiger partial charge in [-0.05, 0) is 18.4 Å². The first-order valence-electron chi connectivity index (χ1n) is 5.36. The van der Waals surface area contributed by atoms with Crippen molar-refractivity contribution in [3.63, 3.8) is 0 Å². The van der Waals surface area contributed by atoms with Gasteiger partial charge in [0.25, 0.3) is 11.5 Å². The molecule has 8 heteroatoms. The van der Waals surface area contributed by atoms with E-state index in [4.69, 9.17) is 10.6 Å². The van der Waals surface area contributed by atoms with Crippen molar-refractivity contribution >= 4 is 5.91 Å². The van der Waals surface area contributed by atoms with Crippen molar-refractivity contribution < 1.29 is 9.90 Å². The molecule has 0 unspecified atom stereocenters. The number of amides is 1. The summed E-state index contributed by atoms with van der Waals surface area (Å²) in [4.78, 5) is 27.3. The topological polar surface area (TPSA) is 131 Å². The number of pyridine rings is 1. The van der Waals surface area contributed by atoms with Crippen molar-refractivity contribution in [2.24, 2.45) is 5.11 Å². The van der Waals surface area contributed by atoms with Gasteiger partial charge in [0.1, 0.15) is 0 Å². The molecular weight excluding hydrogens is 238 g/mol. The second-order valence-corrected chi connectivity index (χ2v) is 3.54. The Morgan fingerprint density at radius 3 is 2.94 bits per heavy atom. The number of hydrogen-bond donors (Lipinski definition) is 3. The van der Waals surface area contributed by atoms with E-state index < -0.39 is 11.5 Å². The molecule has 18 heavy (non-hydrogen) atoms. The predicted octanol–water partition coefficient (Wildman–Crippen LogP) is 0.901. The molecule has 8 nitrogen and oxygen atoms in total. The standard InChI is InChI=1S/C10H13N5O3/c11-15-13-4-2-1-3-12-10(18)7-5-8(16)14-9(17)6-7/h5-6H,1-4H2,(H,12,18)(H2,14,16,17). The van der Waals surface area contributed by atoms with Crippen LogP contribution in [0.5, 0.6) is 5.88 Å². The Labute approximate surface area is 102 Å². The number of nitrogens with one attached hydrogen (secondary N) is 2. The van der Waals surface area contributed by atoms with E-state index in [1.807, 2.05) is 0 Å². The van der Waals surface area contributed by atoms with Crippen molar-refractivity contribution in [3.8, 4) is 5.88 Å². The number of rotatable bonds is 6. The molecule has 96 valence electrons. The molecule has 0 radical (unpaired) electrons. The molecule has 0 spiro atoms. The third-order valence-corrected chi connectivity index (χ3v) is 2.13. The lowest BCUT2D eigenvalue weighted by atomic mass is 10.2. The lowest BCUT2D eigenvalue weighted by molar-refractivity contribution is 0.0952. The van der Waals surface area contributed by atoms with Crippen LogP contribution in [-0.2, 0) is 0 Å². The van der Waals surface area contributed by atoms with Gasteiger partial charge in [-0.2, -0.15) is 0 Å². The molecule has 0 saturated carbocycles. The Hall–Kier alpha value is -2.47. The second kappa shape index (κ2) is 6.97. The summed E-state index contributed by atoms with van der Waals surface area (Å²) < 4.78 is 0. The zero-order valence-electron chi connectivity index (χ0n) is 9.59. The summed E-state index contributed by atoms with van der Waals surface area (Å²) in [6, 6.07) is 2.28. The number of H-pyrrole nitrogens is 1. The highest BCUT2D eigenvalue weighted by molar-refractivity contribution is 5.94. The largest absolute Gasteiger partial charge is 0.494 e. The molecule has 0 aliphatic carbocycles. The predicted molar refractivity (Wildman–Crippen MR) is 64.3 cm³/mol. The molecule has 1 aromatic rings. The average Bonchev–Trinajstić information content (AvgIpc) is 2.32. The van der Waals surface area contributed by atoms with Crippen molar-refractivity contribution in [2.45, 2.75) is 12.8 Å². The van der Waals surface area contributed by atoms with E-state index in [0.29, 0.717) is 25.9 Å². The highest BCUT2D eigenvalue weighted by Crippen LogP contribution is 2.03. The van der Waals surface area contributed by atoms with Crippen LogP contribution >= 0.6 is 0 Å². The van der Waals surface area contributed by atoms with E-state index in [1.165, 1.54) is 6.07 Å². The minimum absolute atomic E-state index is 0.103. The number of carbonyl (C=O) groups is 1. The van der Waals surface area contributed by atoms with Gasteiger partial charge in [-0.3, -0.25) is 14.6 Å². The number of aromatic nitrogens is 1. The van der Waals surface area contributed by atoms with Crippen LogP contribution in [0.25, 0.3) is 10.4 Å². The minimum Gasteiger partial charge on any atom is -0.494 e. The van der Waals surface area contributed by atoms with Crippen LogP contribution in [0.1, 0.15) is 23.2 Å². The summed E-state index contributed by atoms with van der Waals surface area (Å²) in [6.45, 7) is 0.797. The van der Waals surface area contributed by atoms with Gasteiger partial charge in [0.2, 0.25) is 0 Å². The fraction of sp³-hybridized carbons (Fsp3) is 0.400. The maximum absolute atomic E-state index is 11.6. The van der Waals surface area contributed by atoms with Gasteiger partial charge in [-0.1, -0.05) is 5.11 Å². The summed E-state index contributed by atoms with van der Waals surface area (Å²) in [5, 5.41) is 15.1. The lowest BCUT2D eigenvalue weighted by Crippen LogP contribution is -2.25. The van der Waals surface area contributed by atoms with Crippen LogP contribution in [0.3, 0.4) is 0 Å². The SMILES string of the molecule is [N-]=[N+]=NCCCCNC(=O)c1cc(O)[nH]c(=O)c1. The summed E-state index contributed by atoms with van der Waals surface area (Å²) >= 11 is 0. The second-order valence-electron chi connectivity index (χ2n) is 3.54. The van der Waals surface area contributed by atoms with Gasteiger partial charge in [-0.25, -0.2) is 0 Å². The zero-order chi connectivity index (χ0) is 13.4. The van der Waals surface area contributed by atoms with Crippen LogP contribution in [0.4, 0.5) is 0 Å². The fourth-order valence-corrected chi connectivity index (χ4v) is 1.32. The van der Waals surface area contributed by atoms with E-state index in [0.717, 1.165) is 6.07 Å². The van der Waals surface area contributed by atoms with Gasteiger partial charge in [0.05, 0.1) is 5.56 Å². The molecule has 0 fully saturated rings. The van der Waals surface area contributed by atoms with Crippen LogP contribution in [-0.4, -0.2) is 29.1 Å². The molecule has 0 atom stereocenters. The van der Waals surface area contributed by atoms with Gasteiger partial charge >= 0.3 is 0 Å². The van der Waals surface area contributed by atoms with E-state index in [9.17, 15) is 9.59 Å². The molecule has 1 amide bonds. The fourth-order valence-electron chi connectivity index (χ4n) is 1.32. The molecule has 0 aliphatic heterocycles. The van der Waals surface area contributed by atoms with Gasteiger partial charge < -0.3 is 10.4 Å². The van der Waals surface area contributed by atoms with Crippen molar-refractivity contribution in [1.82, 2.24) is 10.3 Å². The maximum atomic E-state index is 11.6. The Morgan fingerprint density at radius 2 is 2.28 bits per heavy atom. The molecule has 1 aromatic heterocycles. The van der Waals surface area contributed by atoms with Crippen molar-refractivity contribution in [2.75, 3.05) is 13.1 Å². The number of carbonyl (C=O) groups excluding carboxylic acids is 1. The highest BCUT2D eigenvalue weighted by atomic mass is 16.3. The number of azide groups is 1. The first-order valence-corrected chi connectivity index (χ1v) is 5.36. The molecule has 3 N–H and O–H groups in total. The maximum Gasteiger partial charge on any atom is 0.251 e. The lowest BCUT2D eigenvalue weighted by Gasteiger charge is -2.04. The number of aromatic amines is 1. The van der Waals surface area contributed by atoms with E-state index in [-0.39, 0.29) is 11.4 Å². The molecule has 0 saturated heterocycles. The Bertz CT molecular complexity index is 518. The zero-order valence-corrected chi connectivity index (χ0v) is 9.59. The minimum atomic E-state index is -0.538. The van der Waals surface area contributed by atoms with Crippen molar-refractivity contribution in [1.29, 1.82) is 0 Å². The van der Waals surface area contributed by atoms with Crippen LogP contribution in [0.2, 0.25) is 0 Å². The van der Waals surface area contributed by atoms with E-state index in [2.05, 4.69) is 20.3 Å². The normalized spacial score (nSPS) is 9.56. The number of aromatic hydroxyl groups is 1. The number of hydrogen-bond acceptors (Lipinski definition) is 4. The van der Waals surface area contributed by atoms with Crippen LogP contribution in [0.15, 0.2) is 22.0 Å². The quantitative estimate of drug-likeness (QED) is 0.300. The van der Waals surface area contributed by atoms with Crippen molar-refractivity contribution in [3.05, 3.63) is 38.5 Å². The van der Waals surface area contributed by atoms with Gasteiger partial charge in [0.15, 0.2) is 5.88 Å². The Balaban J connectivity index is 2.41. The summed E-state index contributed by atoms with van der Waals surface area (Å²) in [7, 11) is 0. The molecule has 0 bridgehead atoms. The number of unbranched alkanes of at least 4 members (excludes halogenated alkanes) is 1. The summed E-state index contributed by atoms with van der Waals surface area (Å²) in [5.41, 5.74) is 7.61. The van der Waals surface area contributed by atoms with Gasteiger partial charge in [-0.15, -0.1) is 0 Å². The first kappa shape index (κ1) is 13.6. The molecule has 0 aliphatic rings. The monoisotopic (exact) mass is 251 g/mol. The highest BCUT2D eigenvalue weighted by Gasteiger charge is 2.06. The third kappa shape index (κ3) is 4.58. The Kier molecular flexibility index (Phi) is 5.27. The third-order valence-electron chi connectivity index (χ3n) is 2.13. The molecule has 1 rings (SSSR count). The number of nitrogens with zero attached hydrogens (tertiary/aromatic N) is 3. The smallest absolute Gasteiger partial charge is 0.251 e. The first-order chi connectivity index (χ1) is 8.63. The summed E-state index contributed by atoms with van der Waals surface area (Å²) in [5.74, 6) is -0.781. The molecular formula is C10H13N5O3. The van der Waals surface area contributed by atoms with E-state index in [1.54, 1.807) is 0 Å². The van der Waals surface area contributed by atoms with E-state index >= 15 is 0 Å².